The van der Waals surface area contributed by atoms with E-state index in [-0.39, 0.29) is 38.9 Å². The molecule has 3 nitrogen and oxygen atoms in total. The first-order valence-corrected chi connectivity index (χ1v) is 30.5. The molecule has 0 aliphatic carbocycles. The zero-order chi connectivity index (χ0) is 33.8. The van der Waals surface area contributed by atoms with Crippen molar-refractivity contribution >= 4 is 38.4 Å². The predicted molar refractivity (Wildman–Crippen MR) is 189 cm³/mol. The Morgan fingerprint density at radius 3 is 0.844 bits per heavy atom. The Hall–Kier alpha value is 1.20. The van der Waals surface area contributed by atoms with Crippen molar-refractivity contribution in [2.45, 2.75) is 212 Å². The SMILES string of the molecule is CCCCCCCCCC[O][Sn]([O][Sn]([O]CCCCCCCCCC)([CH](F)CCC)[CH](F)CCC)([CH](F)CCC)[CH](F)CCC. The van der Waals surface area contributed by atoms with Gasteiger partial charge in [-0.1, -0.05) is 0 Å². The summed E-state index contributed by atoms with van der Waals surface area (Å²) in [7, 11) is 0. The van der Waals surface area contributed by atoms with Crippen molar-refractivity contribution in [3.05, 3.63) is 0 Å². The first kappa shape index (κ1) is 46.2. The molecule has 0 fully saturated rings. The summed E-state index contributed by atoms with van der Waals surface area (Å²) in [6.07, 6.45) is 19.7. The molecule has 0 aromatic rings. The Morgan fingerprint density at radius 2 is 0.600 bits per heavy atom. The van der Waals surface area contributed by atoms with Crippen molar-refractivity contribution in [2.24, 2.45) is 0 Å². The van der Waals surface area contributed by atoms with E-state index in [0.717, 1.165) is 38.5 Å². The maximum absolute atomic E-state index is 16.4. The van der Waals surface area contributed by atoms with Gasteiger partial charge in [-0.3, -0.25) is 0 Å². The number of alkyl halides is 4. The van der Waals surface area contributed by atoms with Crippen LogP contribution in [0.2, 0.25) is 0 Å². The quantitative estimate of drug-likeness (QED) is 0.0366. The molecule has 0 aliphatic heterocycles. The zero-order valence-corrected chi connectivity index (χ0v) is 36.1. The van der Waals surface area contributed by atoms with Crippen molar-refractivity contribution in [1.29, 1.82) is 0 Å². The molecule has 4 unspecified atom stereocenters. The van der Waals surface area contributed by atoms with Crippen LogP contribution in [-0.4, -0.2) is 68.4 Å². The van der Waals surface area contributed by atoms with Crippen LogP contribution >= 0.6 is 0 Å². The van der Waals surface area contributed by atoms with Gasteiger partial charge in [0, 0.05) is 0 Å². The predicted octanol–water partition coefficient (Wildman–Crippen LogP) is 12.9. The summed E-state index contributed by atoms with van der Waals surface area (Å²) >= 11 is -10.9. The number of halogens is 4. The van der Waals surface area contributed by atoms with E-state index in [4.69, 9.17) is 7.56 Å². The van der Waals surface area contributed by atoms with Gasteiger partial charge >= 0.3 is 289 Å². The Bertz CT molecular complexity index is 573. The van der Waals surface area contributed by atoms with Crippen LogP contribution in [-0.2, 0) is 7.56 Å². The Morgan fingerprint density at radius 1 is 0.356 bits per heavy atom. The third-order valence-corrected chi connectivity index (χ3v) is 39.9. The van der Waals surface area contributed by atoms with E-state index in [2.05, 4.69) is 13.8 Å². The number of hydrogen-bond donors (Lipinski definition) is 0. The molecular weight excluding hydrogens is 794 g/mol. The van der Waals surface area contributed by atoms with Crippen LogP contribution in [0, 0.1) is 0 Å². The fourth-order valence-corrected chi connectivity index (χ4v) is 45.7. The van der Waals surface area contributed by atoms with Gasteiger partial charge in [-0.05, 0) is 0 Å². The summed E-state index contributed by atoms with van der Waals surface area (Å²) < 4.78 is 78.6. The molecule has 9 heteroatoms. The number of hydrogen-bond acceptors (Lipinski definition) is 3. The molecule has 0 rings (SSSR count). The molecule has 0 bridgehead atoms. The number of rotatable bonds is 34. The molecular formula is C36H74F4O3Sn2. The van der Waals surface area contributed by atoms with Gasteiger partial charge in [0.2, 0.25) is 0 Å². The standard InChI is InChI=1S/2C10H21O.4C4H8F.O.2Sn/c2*1-2-3-4-5-6-7-8-9-10-11;4*1-2-3-4-5;;;/h2*2-10H2,1H3;4*4H,2-3H2,1H3;;;/q2*-1;;;;;;2*+1. The zero-order valence-electron chi connectivity index (χ0n) is 30.4. The van der Waals surface area contributed by atoms with Crippen LogP contribution in [0.5, 0.6) is 0 Å². The topological polar surface area (TPSA) is 27.7 Å². The molecule has 0 aromatic carbocycles. The van der Waals surface area contributed by atoms with Crippen molar-refractivity contribution in [3.8, 4) is 0 Å². The average molecular weight is 868 g/mol. The van der Waals surface area contributed by atoms with E-state index >= 15 is 17.6 Å². The van der Waals surface area contributed by atoms with E-state index < -0.39 is 55.2 Å². The van der Waals surface area contributed by atoms with Gasteiger partial charge in [0.15, 0.2) is 0 Å². The van der Waals surface area contributed by atoms with E-state index in [1.807, 2.05) is 27.7 Å². The Balaban J connectivity index is 6.12. The number of unbranched alkanes of at least 4 members (excludes halogenated alkanes) is 14. The van der Waals surface area contributed by atoms with Gasteiger partial charge < -0.3 is 0 Å². The Labute approximate surface area is 287 Å². The maximum atomic E-state index is 16.4. The molecule has 0 amide bonds. The molecule has 0 aliphatic rings. The fourth-order valence-electron chi connectivity index (χ4n) is 6.07. The first-order chi connectivity index (χ1) is 21.8. The second kappa shape index (κ2) is 30.1. The van der Waals surface area contributed by atoms with E-state index in [0.29, 0.717) is 38.5 Å². The third kappa shape index (κ3) is 18.7. The summed E-state index contributed by atoms with van der Waals surface area (Å²) in [5.41, 5.74) is 0. The minimum atomic E-state index is -5.43. The molecule has 0 radical (unpaired) electrons. The van der Waals surface area contributed by atoms with Crippen molar-refractivity contribution in [2.75, 3.05) is 13.2 Å². The van der Waals surface area contributed by atoms with Gasteiger partial charge in [0.05, 0.1) is 0 Å². The van der Waals surface area contributed by atoms with Crippen molar-refractivity contribution in [3.63, 3.8) is 0 Å². The summed E-state index contributed by atoms with van der Waals surface area (Å²) in [5, 5.41) is 0. The molecule has 0 aromatic heterocycles. The van der Waals surface area contributed by atoms with Crippen LogP contribution in [0.1, 0.15) is 196 Å². The molecule has 272 valence electrons. The average Bonchev–Trinajstić information content (AvgIpc) is 3.02. The van der Waals surface area contributed by atoms with Gasteiger partial charge in [0.1, 0.15) is 0 Å². The monoisotopic (exact) mass is 870 g/mol. The van der Waals surface area contributed by atoms with Crippen molar-refractivity contribution in [1.82, 2.24) is 0 Å². The summed E-state index contributed by atoms with van der Waals surface area (Å²) in [5.74, 6) is 0. The van der Waals surface area contributed by atoms with Gasteiger partial charge in [-0.2, -0.15) is 0 Å². The minimum absolute atomic E-state index is 0.0904. The van der Waals surface area contributed by atoms with Crippen LogP contribution in [0.15, 0.2) is 0 Å². The summed E-state index contributed by atoms with van der Waals surface area (Å²) in [6, 6.07) is 0. The van der Waals surface area contributed by atoms with E-state index in [1.165, 1.54) is 51.4 Å². The molecule has 4 atom stereocenters. The third-order valence-electron chi connectivity index (χ3n) is 8.89. The molecule has 0 saturated heterocycles. The molecule has 0 N–H and O–H groups in total. The van der Waals surface area contributed by atoms with Gasteiger partial charge in [0.25, 0.3) is 0 Å². The van der Waals surface area contributed by atoms with Gasteiger partial charge in [-0.15, -0.1) is 0 Å². The molecule has 0 spiro atoms. The van der Waals surface area contributed by atoms with Gasteiger partial charge in [-0.25, -0.2) is 0 Å². The fraction of sp³-hybridized carbons (Fsp3) is 1.00. The van der Waals surface area contributed by atoms with E-state index in [1.54, 1.807) is 0 Å². The molecule has 0 saturated carbocycles. The van der Waals surface area contributed by atoms with Crippen molar-refractivity contribution < 1.29 is 25.1 Å². The first-order valence-electron chi connectivity index (χ1n) is 19.3. The summed E-state index contributed by atoms with van der Waals surface area (Å²) in [6.45, 7) is 12.2. The van der Waals surface area contributed by atoms with Crippen LogP contribution in [0.25, 0.3) is 0 Å². The normalized spacial score (nSPS) is 17.5. The molecule has 0 heterocycles. The Kier molecular flexibility index (Phi) is 30.9. The van der Waals surface area contributed by atoms with E-state index in [9.17, 15) is 0 Å². The van der Waals surface area contributed by atoms with Crippen LogP contribution in [0.4, 0.5) is 17.6 Å². The second-order valence-corrected chi connectivity index (χ2v) is 34.7. The summed E-state index contributed by atoms with van der Waals surface area (Å²) in [4.78, 5) is 0. The molecule has 45 heavy (non-hydrogen) atoms. The van der Waals surface area contributed by atoms with Crippen LogP contribution in [0.3, 0.4) is 0 Å². The second-order valence-electron chi connectivity index (χ2n) is 13.2. The van der Waals surface area contributed by atoms with Crippen LogP contribution < -0.4 is 0 Å².